The van der Waals surface area contributed by atoms with Crippen molar-refractivity contribution in [1.82, 2.24) is 19.6 Å². The molecule has 68 valence electrons. The quantitative estimate of drug-likeness (QED) is 0.616. The molecule has 2 aromatic rings. The minimum absolute atomic E-state index is 0.599. The van der Waals surface area contributed by atoms with Gasteiger partial charge in [0.2, 0.25) is 5.62 Å². The summed E-state index contributed by atoms with van der Waals surface area (Å²) in [4.78, 5) is 15.2. The second-order valence-electron chi connectivity index (χ2n) is 2.48. The van der Waals surface area contributed by atoms with Gasteiger partial charge in [-0.1, -0.05) is 0 Å². The number of nitrogens with one attached hydrogen (secondary N) is 2. The number of hydrogen-bond donors (Lipinski definition) is 2. The lowest BCUT2D eigenvalue weighted by Gasteiger charge is -2.04. The first-order valence-corrected chi connectivity index (χ1v) is 3.88. The van der Waals surface area contributed by atoms with E-state index < -0.39 is 0 Å². The number of hydrogen-bond acceptors (Lipinski definition) is 4. The molecule has 6 heteroatoms. The predicted molar refractivity (Wildman–Crippen MR) is 48.7 cm³/mol. The first-order chi connectivity index (χ1) is 6.36. The predicted octanol–water partition coefficient (Wildman–Crippen LogP) is -0.537. The van der Waals surface area contributed by atoms with Crippen LogP contribution < -0.4 is 11.0 Å². The number of fused-ring (bicyclic) bond motifs is 1. The highest BCUT2D eigenvalue weighted by atomic mass is 15.4. The molecule has 0 amide bonds. The van der Waals surface area contributed by atoms with E-state index in [2.05, 4.69) is 25.4 Å². The summed E-state index contributed by atoms with van der Waals surface area (Å²) in [6.07, 6.45) is 3.33. The Kier molecular flexibility index (Phi) is 1.73. The van der Waals surface area contributed by atoms with E-state index in [0.717, 1.165) is 11.2 Å². The number of imidazole rings is 1. The third-order valence-electron chi connectivity index (χ3n) is 1.79. The van der Waals surface area contributed by atoms with E-state index in [4.69, 9.17) is 0 Å². The molecule has 0 radical (unpaired) electrons. The maximum absolute atomic E-state index is 4.14. The molecule has 2 heterocycles. The smallest absolute Gasteiger partial charge is 0.245 e. The molecule has 0 spiro atoms. The summed E-state index contributed by atoms with van der Waals surface area (Å²) < 4.78 is 1.71. The monoisotopic (exact) mass is 178 g/mol. The van der Waals surface area contributed by atoms with E-state index >= 15 is 0 Å². The Bertz CT molecular complexity index is 479. The van der Waals surface area contributed by atoms with E-state index in [0.29, 0.717) is 5.62 Å². The molecule has 0 bridgehead atoms. The zero-order valence-corrected chi connectivity index (χ0v) is 7.44. The molecule has 2 aromatic heterocycles. The molecule has 0 aliphatic carbocycles. The fourth-order valence-electron chi connectivity index (χ4n) is 1.21. The Morgan fingerprint density at radius 1 is 1.54 bits per heavy atom. The van der Waals surface area contributed by atoms with Crippen LogP contribution in [0.15, 0.2) is 17.5 Å². The fraction of sp³-hybridized carbons (Fsp3) is 0.286. The normalized spacial score (nSPS) is 12.3. The largest absolute Gasteiger partial charge is 0.342 e. The van der Waals surface area contributed by atoms with Gasteiger partial charge in [-0.25, -0.2) is 14.6 Å². The van der Waals surface area contributed by atoms with Crippen molar-refractivity contribution in [1.29, 1.82) is 0 Å². The number of aromatic nitrogens is 4. The summed E-state index contributed by atoms with van der Waals surface area (Å²) in [5.74, 6) is 0. The Labute approximate surface area is 74.3 Å². The van der Waals surface area contributed by atoms with Gasteiger partial charge < -0.3 is 10.4 Å². The van der Waals surface area contributed by atoms with E-state index in [-0.39, 0.29) is 0 Å². The molecular weight excluding hydrogens is 168 g/mol. The van der Waals surface area contributed by atoms with Crippen LogP contribution in [0.2, 0.25) is 0 Å². The number of aromatic amines is 1. The van der Waals surface area contributed by atoms with Crippen LogP contribution in [0.3, 0.4) is 0 Å². The third-order valence-corrected chi connectivity index (χ3v) is 1.79. The number of H-pyrrole nitrogens is 1. The van der Waals surface area contributed by atoms with Gasteiger partial charge in [-0.3, -0.25) is 4.99 Å². The van der Waals surface area contributed by atoms with E-state index in [1.54, 1.807) is 31.3 Å². The zero-order chi connectivity index (χ0) is 9.26. The molecule has 0 aromatic carbocycles. The van der Waals surface area contributed by atoms with Crippen LogP contribution in [0.25, 0.3) is 11.2 Å². The van der Waals surface area contributed by atoms with Crippen LogP contribution >= 0.6 is 0 Å². The van der Waals surface area contributed by atoms with Crippen LogP contribution in [-0.4, -0.2) is 33.7 Å². The van der Waals surface area contributed by atoms with Crippen molar-refractivity contribution in [2.45, 2.75) is 0 Å². The van der Waals surface area contributed by atoms with Gasteiger partial charge in [-0.15, -0.1) is 0 Å². The van der Waals surface area contributed by atoms with Crippen LogP contribution in [0, 0.1) is 0 Å². The highest BCUT2D eigenvalue weighted by molar-refractivity contribution is 5.68. The molecule has 2 N–H and O–H groups in total. The third kappa shape index (κ3) is 1.07. The Balaban J connectivity index is 2.90. The number of rotatable bonds is 1. The average molecular weight is 178 g/mol. The standard InChI is InChI=1S/C7H10N6/c1-8-7-10-3-5-6(12-4-11-5)13(7)9-2/h3-4,9H,1-2H3,(H,11,12). The summed E-state index contributed by atoms with van der Waals surface area (Å²) in [5.41, 5.74) is 5.22. The summed E-state index contributed by atoms with van der Waals surface area (Å²) in [5, 5.41) is 0. The van der Waals surface area contributed by atoms with Crippen molar-refractivity contribution in [2.24, 2.45) is 4.99 Å². The molecule has 0 fully saturated rings. The fourth-order valence-corrected chi connectivity index (χ4v) is 1.21. The van der Waals surface area contributed by atoms with Crippen molar-refractivity contribution in [2.75, 3.05) is 19.5 Å². The van der Waals surface area contributed by atoms with Crippen molar-refractivity contribution in [3.63, 3.8) is 0 Å². The van der Waals surface area contributed by atoms with Crippen LogP contribution in [-0.2, 0) is 0 Å². The topological polar surface area (TPSA) is 70.9 Å². The lowest BCUT2D eigenvalue weighted by molar-refractivity contribution is 0.814. The van der Waals surface area contributed by atoms with Gasteiger partial charge in [-0.2, -0.15) is 0 Å². The molecule has 0 saturated heterocycles. The van der Waals surface area contributed by atoms with E-state index in [1.165, 1.54) is 0 Å². The Hall–Kier alpha value is -1.85. The molecule has 0 unspecified atom stereocenters. The average Bonchev–Trinajstić information content (AvgIpc) is 2.63. The Morgan fingerprint density at radius 2 is 2.38 bits per heavy atom. The van der Waals surface area contributed by atoms with Crippen LogP contribution in [0.4, 0.5) is 0 Å². The van der Waals surface area contributed by atoms with Gasteiger partial charge in [-0.05, 0) is 0 Å². The van der Waals surface area contributed by atoms with E-state index in [9.17, 15) is 0 Å². The first kappa shape index (κ1) is 7.78. The van der Waals surface area contributed by atoms with Gasteiger partial charge in [0.25, 0.3) is 0 Å². The molecule has 2 rings (SSSR count). The SMILES string of the molecule is CN=c1ncc2[nH]cnc2n1NC. The van der Waals surface area contributed by atoms with E-state index in [1.807, 2.05) is 0 Å². The van der Waals surface area contributed by atoms with Crippen molar-refractivity contribution in [3.05, 3.63) is 18.1 Å². The van der Waals surface area contributed by atoms with Gasteiger partial charge >= 0.3 is 0 Å². The molecule has 0 atom stereocenters. The molecule has 0 aliphatic heterocycles. The molecule has 13 heavy (non-hydrogen) atoms. The second-order valence-corrected chi connectivity index (χ2v) is 2.48. The maximum atomic E-state index is 4.14. The van der Waals surface area contributed by atoms with Crippen LogP contribution in [0.5, 0.6) is 0 Å². The lowest BCUT2D eigenvalue weighted by Crippen LogP contribution is -2.30. The van der Waals surface area contributed by atoms with Gasteiger partial charge in [0, 0.05) is 14.1 Å². The highest BCUT2D eigenvalue weighted by Crippen LogP contribution is 2.01. The summed E-state index contributed by atoms with van der Waals surface area (Å²) in [6, 6.07) is 0. The van der Waals surface area contributed by atoms with Crippen molar-refractivity contribution in [3.8, 4) is 0 Å². The summed E-state index contributed by atoms with van der Waals surface area (Å²) in [6.45, 7) is 0. The lowest BCUT2D eigenvalue weighted by atomic mass is 10.6. The first-order valence-electron chi connectivity index (χ1n) is 3.88. The summed E-state index contributed by atoms with van der Waals surface area (Å²) in [7, 11) is 3.49. The molecule has 0 saturated carbocycles. The number of nitrogens with zero attached hydrogens (tertiary/aromatic N) is 4. The maximum Gasteiger partial charge on any atom is 0.245 e. The minimum atomic E-state index is 0.599. The van der Waals surface area contributed by atoms with Crippen LogP contribution in [0.1, 0.15) is 0 Å². The second kappa shape index (κ2) is 2.89. The van der Waals surface area contributed by atoms with Crippen molar-refractivity contribution >= 4 is 11.2 Å². The van der Waals surface area contributed by atoms with Crippen molar-refractivity contribution < 1.29 is 0 Å². The molecule has 0 aliphatic rings. The van der Waals surface area contributed by atoms with Gasteiger partial charge in [0.1, 0.15) is 5.52 Å². The zero-order valence-electron chi connectivity index (χ0n) is 7.44. The summed E-state index contributed by atoms with van der Waals surface area (Å²) >= 11 is 0. The van der Waals surface area contributed by atoms with Gasteiger partial charge in [0.15, 0.2) is 5.65 Å². The minimum Gasteiger partial charge on any atom is -0.342 e. The molecule has 6 nitrogen and oxygen atoms in total. The van der Waals surface area contributed by atoms with Gasteiger partial charge in [0.05, 0.1) is 12.5 Å². The molecular formula is C7H10N6. The highest BCUT2D eigenvalue weighted by Gasteiger charge is 2.01. The Morgan fingerprint density at radius 3 is 3.08 bits per heavy atom.